The maximum absolute atomic E-state index is 10.4. The van der Waals surface area contributed by atoms with Crippen molar-refractivity contribution in [3.63, 3.8) is 0 Å². The molecule has 0 aliphatic carbocycles. The quantitative estimate of drug-likeness (QED) is 0.778. The van der Waals surface area contributed by atoms with Crippen LogP contribution in [0.1, 0.15) is 26.7 Å². The number of carboxylic acid groups (broad SMARTS) is 1. The van der Waals surface area contributed by atoms with Crippen molar-refractivity contribution in [2.45, 2.75) is 38.0 Å². The standard InChI is InChI=1S/C10H19NO2S/c1-8-9(2)14-7-6-11(8)5-3-4-10(12)13/h8-9H,3-7H2,1-2H3,(H,12,13)/t8-,9-/m0/s1. The third-order valence-corrected chi connectivity index (χ3v) is 4.19. The molecule has 0 aromatic carbocycles. The SMILES string of the molecule is C[C@@H]1SCCN(CCCC(=O)O)[C@H]1C. The average molecular weight is 217 g/mol. The Labute approximate surface area is 89.9 Å². The first kappa shape index (κ1) is 11.9. The van der Waals surface area contributed by atoms with E-state index in [2.05, 4.69) is 18.7 Å². The van der Waals surface area contributed by atoms with Crippen molar-refractivity contribution >= 4 is 17.7 Å². The molecule has 1 heterocycles. The number of hydrogen-bond donors (Lipinski definition) is 1. The van der Waals surface area contributed by atoms with E-state index in [1.807, 2.05) is 11.8 Å². The maximum atomic E-state index is 10.4. The van der Waals surface area contributed by atoms with E-state index < -0.39 is 5.97 Å². The normalized spacial score (nSPS) is 29.0. The molecule has 0 bridgehead atoms. The predicted octanol–water partition coefficient (Wildman–Crippen LogP) is 1.68. The number of aliphatic carboxylic acids is 1. The van der Waals surface area contributed by atoms with Gasteiger partial charge in [0.05, 0.1) is 0 Å². The molecule has 1 aliphatic rings. The van der Waals surface area contributed by atoms with E-state index in [-0.39, 0.29) is 0 Å². The summed E-state index contributed by atoms with van der Waals surface area (Å²) in [5.74, 6) is 0.496. The van der Waals surface area contributed by atoms with Gasteiger partial charge in [-0.15, -0.1) is 0 Å². The molecule has 0 spiro atoms. The van der Waals surface area contributed by atoms with Gasteiger partial charge in [0.2, 0.25) is 0 Å². The summed E-state index contributed by atoms with van der Waals surface area (Å²) in [6, 6.07) is 0.586. The molecule has 0 unspecified atom stereocenters. The lowest BCUT2D eigenvalue weighted by Gasteiger charge is -2.37. The second-order valence-corrected chi connectivity index (χ2v) is 5.33. The van der Waals surface area contributed by atoms with Gasteiger partial charge in [0.15, 0.2) is 0 Å². The number of nitrogens with zero attached hydrogens (tertiary/aromatic N) is 1. The number of carboxylic acids is 1. The molecule has 0 aromatic heterocycles. The maximum Gasteiger partial charge on any atom is 0.303 e. The number of rotatable bonds is 4. The van der Waals surface area contributed by atoms with Gasteiger partial charge in [-0.1, -0.05) is 6.92 Å². The second kappa shape index (κ2) is 5.61. The fraction of sp³-hybridized carbons (Fsp3) is 0.900. The zero-order valence-corrected chi connectivity index (χ0v) is 9.72. The van der Waals surface area contributed by atoms with Crippen molar-refractivity contribution in [2.75, 3.05) is 18.8 Å². The molecule has 14 heavy (non-hydrogen) atoms. The Kier molecular flexibility index (Phi) is 4.75. The lowest BCUT2D eigenvalue weighted by Crippen LogP contribution is -2.45. The van der Waals surface area contributed by atoms with Crippen LogP contribution in [-0.2, 0) is 4.79 Å². The zero-order valence-electron chi connectivity index (χ0n) is 8.90. The topological polar surface area (TPSA) is 40.5 Å². The van der Waals surface area contributed by atoms with Crippen LogP contribution in [0.5, 0.6) is 0 Å². The number of carbonyl (C=O) groups is 1. The van der Waals surface area contributed by atoms with Crippen molar-refractivity contribution in [1.82, 2.24) is 4.90 Å². The van der Waals surface area contributed by atoms with E-state index in [0.29, 0.717) is 17.7 Å². The summed E-state index contributed by atoms with van der Waals surface area (Å²) in [6.07, 6.45) is 1.07. The summed E-state index contributed by atoms with van der Waals surface area (Å²) in [5, 5.41) is 9.21. The smallest absolute Gasteiger partial charge is 0.303 e. The summed E-state index contributed by atoms with van der Waals surface area (Å²) in [6.45, 7) is 6.52. The van der Waals surface area contributed by atoms with Gasteiger partial charge in [-0.05, 0) is 19.9 Å². The Morgan fingerprint density at radius 2 is 2.29 bits per heavy atom. The molecule has 0 radical (unpaired) electrons. The van der Waals surface area contributed by atoms with Gasteiger partial charge in [0.1, 0.15) is 0 Å². The summed E-state index contributed by atoms with van der Waals surface area (Å²) in [5.41, 5.74) is 0. The van der Waals surface area contributed by atoms with E-state index in [0.717, 1.165) is 19.5 Å². The van der Waals surface area contributed by atoms with Crippen molar-refractivity contribution in [3.8, 4) is 0 Å². The molecule has 0 amide bonds. The van der Waals surface area contributed by atoms with Crippen LogP contribution in [0.15, 0.2) is 0 Å². The van der Waals surface area contributed by atoms with Crippen LogP contribution >= 0.6 is 11.8 Å². The van der Waals surface area contributed by atoms with E-state index in [1.54, 1.807) is 0 Å². The van der Waals surface area contributed by atoms with Gasteiger partial charge in [-0.3, -0.25) is 9.69 Å². The number of thioether (sulfide) groups is 1. The Morgan fingerprint density at radius 3 is 2.93 bits per heavy atom. The van der Waals surface area contributed by atoms with Crippen LogP contribution < -0.4 is 0 Å². The Balaban J connectivity index is 2.25. The lowest BCUT2D eigenvalue weighted by molar-refractivity contribution is -0.137. The molecule has 4 heteroatoms. The zero-order chi connectivity index (χ0) is 10.6. The van der Waals surface area contributed by atoms with Crippen molar-refractivity contribution in [2.24, 2.45) is 0 Å². The van der Waals surface area contributed by atoms with Gasteiger partial charge in [-0.25, -0.2) is 0 Å². The van der Waals surface area contributed by atoms with E-state index in [9.17, 15) is 4.79 Å². The minimum Gasteiger partial charge on any atom is -0.481 e. The third kappa shape index (κ3) is 3.50. The lowest BCUT2D eigenvalue weighted by atomic mass is 10.2. The van der Waals surface area contributed by atoms with Gasteiger partial charge in [-0.2, -0.15) is 11.8 Å². The third-order valence-electron chi connectivity index (χ3n) is 2.85. The molecule has 1 saturated heterocycles. The Bertz CT molecular complexity index is 199. The summed E-state index contributed by atoms with van der Waals surface area (Å²) < 4.78 is 0. The number of hydrogen-bond acceptors (Lipinski definition) is 3. The van der Waals surface area contributed by atoms with Crippen LogP contribution in [0, 0.1) is 0 Å². The minimum atomic E-state index is -0.683. The first-order valence-corrected chi connectivity index (χ1v) is 6.23. The van der Waals surface area contributed by atoms with E-state index in [4.69, 9.17) is 5.11 Å². The summed E-state index contributed by atoms with van der Waals surface area (Å²) in [4.78, 5) is 12.8. The van der Waals surface area contributed by atoms with Gasteiger partial charge >= 0.3 is 5.97 Å². The van der Waals surface area contributed by atoms with E-state index in [1.165, 1.54) is 5.75 Å². The summed E-state index contributed by atoms with van der Waals surface area (Å²) in [7, 11) is 0. The van der Waals surface area contributed by atoms with Gasteiger partial charge in [0.25, 0.3) is 0 Å². The van der Waals surface area contributed by atoms with Crippen LogP contribution in [0.2, 0.25) is 0 Å². The fourth-order valence-corrected chi connectivity index (χ4v) is 2.91. The average Bonchev–Trinajstić information content (AvgIpc) is 2.12. The fourth-order valence-electron chi connectivity index (χ4n) is 1.74. The minimum absolute atomic E-state index is 0.296. The molecular formula is C10H19NO2S. The van der Waals surface area contributed by atoms with Crippen LogP contribution in [0.4, 0.5) is 0 Å². The highest BCUT2D eigenvalue weighted by atomic mass is 32.2. The second-order valence-electron chi connectivity index (χ2n) is 3.85. The van der Waals surface area contributed by atoms with Crippen LogP contribution in [0.3, 0.4) is 0 Å². The highest BCUT2D eigenvalue weighted by Crippen LogP contribution is 2.24. The van der Waals surface area contributed by atoms with Crippen molar-refractivity contribution < 1.29 is 9.90 Å². The van der Waals surface area contributed by atoms with Crippen LogP contribution in [-0.4, -0.2) is 46.1 Å². The van der Waals surface area contributed by atoms with Crippen LogP contribution in [0.25, 0.3) is 0 Å². The Morgan fingerprint density at radius 1 is 1.57 bits per heavy atom. The van der Waals surface area contributed by atoms with Gasteiger partial charge in [0, 0.05) is 30.0 Å². The Hall–Kier alpha value is -0.220. The highest BCUT2D eigenvalue weighted by Gasteiger charge is 2.24. The molecule has 1 rings (SSSR count). The largest absolute Gasteiger partial charge is 0.481 e. The highest BCUT2D eigenvalue weighted by molar-refractivity contribution is 8.00. The molecule has 3 nitrogen and oxygen atoms in total. The first-order chi connectivity index (χ1) is 6.61. The van der Waals surface area contributed by atoms with Crippen molar-refractivity contribution in [1.29, 1.82) is 0 Å². The molecule has 0 aromatic rings. The monoisotopic (exact) mass is 217 g/mol. The van der Waals surface area contributed by atoms with E-state index >= 15 is 0 Å². The first-order valence-electron chi connectivity index (χ1n) is 5.18. The molecule has 0 saturated carbocycles. The molecule has 1 aliphatic heterocycles. The summed E-state index contributed by atoms with van der Waals surface area (Å²) >= 11 is 2.01. The molecule has 2 atom stereocenters. The molecule has 1 fully saturated rings. The predicted molar refractivity (Wildman–Crippen MR) is 59.8 cm³/mol. The van der Waals surface area contributed by atoms with Crippen molar-refractivity contribution in [3.05, 3.63) is 0 Å². The molecule has 1 N–H and O–H groups in total. The van der Waals surface area contributed by atoms with Gasteiger partial charge < -0.3 is 5.11 Å². The molecule has 82 valence electrons. The molecular weight excluding hydrogens is 198 g/mol.